The molecule has 1 N–H and O–H groups in total. The molecule has 0 amide bonds. The van der Waals surface area contributed by atoms with Gasteiger partial charge in [-0.2, -0.15) is 0 Å². The monoisotopic (exact) mass is 374 g/mol. The Morgan fingerprint density at radius 1 is 1.14 bits per heavy atom. The number of carboxylic acid groups (broad SMARTS) is 1. The molecule has 1 unspecified atom stereocenters. The van der Waals surface area contributed by atoms with E-state index in [1.54, 1.807) is 0 Å². The van der Waals surface area contributed by atoms with Crippen LogP contribution in [0.4, 0.5) is 8.78 Å². The molecule has 0 radical (unpaired) electrons. The van der Waals surface area contributed by atoms with Gasteiger partial charge in [-0.05, 0) is 51.8 Å². The highest BCUT2D eigenvalue weighted by molar-refractivity contribution is 9.10. The van der Waals surface area contributed by atoms with Crippen molar-refractivity contribution in [1.29, 1.82) is 0 Å². The molecule has 0 saturated carbocycles. The second kappa shape index (κ2) is 6.44. The molecule has 2 aromatic rings. The van der Waals surface area contributed by atoms with Gasteiger partial charge in [0.25, 0.3) is 0 Å². The predicted octanol–water partition coefficient (Wildman–Crippen LogP) is 3.73. The lowest BCUT2D eigenvalue weighted by Crippen LogP contribution is -2.02. The van der Waals surface area contributed by atoms with Gasteiger partial charge >= 0.3 is 5.97 Å². The van der Waals surface area contributed by atoms with Gasteiger partial charge in [-0.15, -0.1) is 0 Å². The normalized spacial score (nSPS) is 12.1. The van der Waals surface area contributed by atoms with Gasteiger partial charge < -0.3 is 5.11 Å². The highest BCUT2D eigenvalue weighted by Gasteiger charge is 2.13. The van der Waals surface area contributed by atoms with Crippen molar-refractivity contribution in [2.45, 2.75) is 10.6 Å². The van der Waals surface area contributed by atoms with Crippen molar-refractivity contribution in [3.63, 3.8) is 0 Å². The maximum Gasteiger partial charge on any atom is 0.336 e. The molecule has 3 nitrogen and oxygen atoms in total. The van der Waals surface area contributed by atoms with Crippen molar-refractivity contribution in [2.24, 2.45) is 0 Å². The predicted molar refractivity (Wildman–Crippen MR) is 77.6 cm³/mol. The van der Waals surface area contributed by atoms with E-state index in [9.17, 15) is 17.8 Å². The summed E-state index contributed by atoms with van der Waals surface area (Å²) < 4.78 is 38.5. The molecule has 110 valence electrons. The van der Waals surface area contributed by atoms with E-state index >= 15 is 0 Å². The Hall–Kier alpha value is -1.60. The first-order valence-corrected chi connectivity index (χ1v) is 7.85. The molecule has 7 heteroatoms. The van der Waals surface area contributed by atoms with E-state index in [0.717, 1.165) is 12.1 Å². The third-order valence-electron chi connectivity index (χ3n) is 2.71. The molecule has 1 atom stereocenters. The lowest BCUT2D eigenvalue weighted by atomic mass is 10.2. The van der Waals surface area contributed by atoms with E-state index in [0.29, 0.717) is 14.9 Å². The maximum atomic E-state index is 13.1. The summed E-state index contributed by atoms with van der Waals surface area (Å²) in [5, 5.41) is 9.01. The smallest absolute Gasteiger partial charge is 0.336 e. The molecule has 0 aliphatic rings. The minimum absolute atomic E-state index is 0.00821. The number of hydrogen-bond acceptors (Lipinski definition) is 2. The standard InChI is InChI=1S/C14H9BrF2O3S/c15-11-3-2-9(6-10(11)14(18)19)21(20)7-8-1-4-12(16)13(17)5-8/h1-6H,7H2,(H,18,19). The lowest BCUT2D eigenvalue weighted by Gasteiger charge is -2.06. The molecule has 0 fully saturated rings. The second-order valence-corrected chi connectivity index (χ2v) is 6.49. The van der Waals surface area contributed by atoms with Crippen LogP contribution < -0.4 is 0 Å². The first-order chi connectivity index (χ1) is 9.88. The van der Waals surface area contributed by atoms with Gasteiger partial charge in [0.05, 0.1) is 22.1 Å². The number of aromatic carboxylic acids is 1. The Morgan fingerprint density at radius 2 is 1.86 bits per heavy atom. The molecular weight excluding hydrogens is 366 g/mol. The third-order valence-corrected chi connectivity index (χ3v) is 4.78. The van der Waals surface area contributed by atoms with Crippen LogP contribution in [0.15, 0.2) is 45.8 Å². The first-order valence-electron chi connectivity index (χ1n) is 5.73. The number of halogens is 3. The lowest BCUT2D eigenvalue weighted by molar-refractivity contribution is 0.0695. The summed E-state index contributed by atoms with van der Waals surface area (Å²) in [4.78, 5) is 11.3. The van der Waals surface area contributed by atoms with Gasteiger partial charge in [-0.1, -0.05) is 6.07 Å². The van der Waals surface area contributed by atoms with Gasteiger partial charge in [0.15, 0.2) is 11.6 Å². The summed E-state index contributed by atoms with van der Waals surface area (Å²) in [5.74, 6) is -3.15. The summed E-state index contributed by atoms with van der Waals surface area (Å²) >= 11 is 3.09. The van der Waals surface area contributed by atoms with Crippen LogP contribution in [0.5, 0.6) is 0 Å². The maximum absolute atomic E-state index is 13.1. The van der Waals surface area contributed by atoms with Crippen LogP contribution in [0.3, 0.4) is 0 Å². The second-order valence-electron chi connectivity index (χ2n) is 4.19. The van der Waals surface area contributed by atoms with Crippen molar-refractivity contribution < 1.29 is 22.9 Å². The van der Waals surface area contributed by atoms with Crippen LogP contribution >= 0.6 is 15.9 Å². The fraction of sp³-hybridized carbons (Fsp3) is 0.0714. The van der Waals surface area contributed by atoms with Gasteiger partial charge in [0.1, 0.15) is 0 Å². The number of carbonyl (C=O) groups is 1. The minimum atomic E-state index is -1.56. The highest BCUT2D eigenvalue weighted by Crippen LogP contribution is 2.22. The molecule has 0 heterocycles. The number of carboxylic acids is 1. The van der Waals surface area contributed by atoms with Gasteiger partial charge in [-0.3, -0.25) is 4.21 Å². The van der Waals surface area contributed by atoms with Gasteiger partial charge in [0.2, 0.25) is 0 Å². The van der Waals surface area contributed by atoms with Gasteiger partial charge in [0, 0.05) is 9.37 Å². The summed E-state index contributed by atoms with van der Waals surface area (Å²) in [6, 6.07) is 7.58. The fourth-order valence-electron chi connectivity index (χ4n) is 1.67. The molecule has 0 spiro atoms. The van der Waals surface area contributed by atoms with Crippen LogP contribution in [-0.2, 0) is 16.6 Å². The van der Waals surface area contributed by atoms with Crippen molar-refractivity contribution in [1.82, 2.24) is 0 Å². The van der Waals surface area contributed by atoms with E-state index in [2.05, 4.69) is 15.9 Å². The minimum Gasteiger partial charge on any atom is -0.478 e. The molecule has 0 saturated heterocycles. The fourth-order valence-corrected chi connectivity index (χ4v) is 3.21. The molecule has 2 rings (SSSR count). The molecule has 0 aromatic heterocycles. The first kappa shape index (κ1) is 15.8. The Balaban J connectivity index is 2.26. The van der Waals surface area contributed by atoms with E-state index in [1.807, 2.05) is 0 Å². The molecule has 2 aromatic carbocycles. The number of rotatable bonds is 4. The van der Waals surface area contributed by atoms with Crippen molar-refractivity contribution in [2.75, 3.05) is 0 Å². The van der Waals surface area contributed by atoms with E-state index in [-0.39, 0.29) is 11.3 Å². The Bertz CT molecular complexity index is 734. The average Bonchev–Trinajstić information content (AvgIpc) is 2.43. The van der Waals surface area contributed by atoms with Crippen LogP contribution in [0.25, 0.3) is 0 Å². The third kappa shape index (κ3) is 3.74. The Labute approximate surface area is 130 Å². The Morgan fingerprint density at radius 3 is 2.48 bits per heavy atom. The van der Waals surface area contributed by atoms with Crippen LogP contribution in [-0.4, -0.2) is 15.3 Å². The topological polar surface area (TPSA) is 54.4 Å². The summed E-state index contributed by atoms with van der Waals surface area (Å²) in [6.45, 7) is 0. The average molecular weight is 375 g/mol. The van der Waals surface area contributed by atoms with Crippen LogP contribution in [0, 0.1) is 11.6 Å². The van der Waals surface area contributed by atoms with Crippen molar-refractivity contribution >= 4 is 32.7 Å². The quantitative estimate of drug-likeness (QED) is 0.886. The molecule has 0 bridgehead atoms. The number of hydrogen-bond donors (Lipinski definition) is 1. The van der Waals surface area contributed by atoms with E-state index in [1.165, 1.54) is 24.3 Å². The van der Waals surface area contributed by atoms with E-state index < -0.39 is 28.4 Å². The van der Waals surface area contributed by atoms with Crippen LogP contribution in [0.1, 0.15) is 15.9 Å². The summed E-state index contributed by atoms with van der Waals surface area (Å²) in [7, 11) is -1.56. The summed E-state index contributed by atoms with van der Waals surface area (Å²) in [6.07, 6.45) is 0. The molecular formula is C14H9BrF2O3S. The number of benzene rings is 2. The highest BCUT2D eigenvalue weighted by atomic mass is 79.9. The van der Waals surface area contributed by atoms with Gasteiger partial charge in [-0.25, -0.2) is 13.6 Å². The molecule has 0 aliphatic heterocycles. The summed E-state index contributed by atoms with van der Waals surface area (Å²) in [5.41, 5.74) is 0.359. The molecule has 21 heavy (non-hydrogen) atoms. The zero-order valence-corrected chi connectivity index (χ0v) is 12.9. The zero-order valence-electron chi connectivity index (χ0n) is 10.5. The molecule has 0 aliphatic carbocycles. The van der Waals surface area contributed by atoms with E-state index in [4.69, 9.17) is 5.11 Å². The zero-order chi connectivity index (χ0) is 15.6. The largest absolute Gasteiger partial charge is 0.478 e. The Kier molecular flexibility index (Phi) is 4.84. The SMILES string of the molecule is O=C(O)c1cc(S(=O)Cc2ccc(F)c(F)c2)ccc1Br. The van der Waals surface area contributed by atoms with Crippen LogP contribution in [0.2, 0.25) is 0 Å². The van der Waals surface area contributed by atoms with Crippen molar-refractivity contribution in [3.05, 3.63) is 63.6 Å². The van der Waals surface area contributed by atoms with Crippen molar-refractivity contribution in [3.8, 4) is 0 Å².